The predicted octanol–water partition coefficient (Wildman–Crippen LogP) is 2.60. The van der Waals surface area contributed by atoms with E-state index >= 15 is 0 Å². The molecule has 2 fully saturated rings. The number of likely N-dealkylation sites (tertiary alicyclic amines) is 1. The van der Waals surface area contributed by atoms with Crippen LogP contribution in [-0.4, -0.2) is 42.9 Å². The van der Waals surface area contributed by atoms with Crippen molar-refractivity contribution in [3.63, 3.8) is 0 Å². The maximum absolute atomic E-state index is 13.0. The Morgan fingerprint density at radius 1 is 1.16 bits per heavy atom. The number of carbonyl (C=O) groups excluding carboxylic acids is 2. The van der Waals surface area contributed by atoms with Gasteiger partial charge >= 0.3 is 0 Å². The molecular formula is C20H29N3O2. The predicted molar refractivity (Wildman–Crippen MR) is 99.4 cm³/mol. The van der Waals surface area contributed by atoms with Crippen molar-refractivity contribution in [3.05, 3.63) is 29.8 Å². The minimum absolute atomic E-state index is 0.00729. The third-order valence-electron chi connectivity index (χ3n) is 5.51. The van der Waals surface area contributed by atoms with Crippen molar-refractivity contribution >= 4 is 17.5 Å². The lowest BCUT2D eigenvalue weighted by molar-refractivity contribution is -0.121. The summed E-state index contributed by atoms with van der Waals surface area (Å²) in [5.41, 5.74) is 1.22. The molecule has 1 aromatic rings. The zero-order chi connectivity index (χ0) is 18.0. The molecule has 0 radical (unpaired) electrons. The molecule has 2 aliphatic heterocycles. The van der Waals surface area contributed by atoms with Crippen LogP contribution in [0.5, 0.6) is 0 Å². The number of anilines is 1. The quantitative estimate of drug-likeness (QED) is 0.883. The molecule has 1 aromatic carbocycles. The number of hydrogen-bond acceptors (Lipinski definition) is 3. The van der Waals surface area contributed by atoms with Crippen LogP contribution >= 0.6 is 0 Å². The average Bonchev–Trinajstić information content (AvgIpc) is 2.52. The first-order valence-corrected chi connectivity index (χ1v) is 9.35. The monoisotopic (exact) mass is 343 g/mol. The van der Waals surface area contributed by atoms with E-state index in [0.717, 1.165) is 32.6 Å². The summed E-state index contributed by atoms with van der Waals surface area (Å²) in [6, 6.07) is 7.37. The number of benzene rings is 1. The molecule has 136 valence electrons. The van der Waals surface area contributed by atoms with E-state index < -0.39 is 0 Å². The molecule has 3 unspecified atom stereocenters. The first-order chi connectivity index (χ1) is 12.0. The van der Waals surface area contributed by atoms with Crippen LogP contribution in [0.15, 0.2) is 24.3 Å². The van der Waals surface area contributed by atoms with Crippen LogP contribution in [0.25, 0.3) is 0 Å². The minimum atomic E-state index is -0.0561. The number of carbonyl (C=O) groups is 2. The first-order valence-electron chi connectivity index (χ1n) is 9.35. The Kier molecular flexibility index (Phi) is 5.42. The summed E-state index contributed by atoms with van der Waals surface area (Å²) in [7, 11) is 0. The SMILES string of the molecule is CC1CC(C)CN(C(=O)c2ccccc2NC(=O)C(C)C2CNC2)C1. The van der Waals surface area contributed by atoms with Gasteiger partial charge in [-0.15, -0.1) is 0 Å². The smallest absolute Gasteiger partial charge is 0.255 e. The van der Waals surface area contributed by atoms with E-state index in [-0.39, 0.29) is 17.7 Å². The lowest BCUT2D eigenvalue weighted by Crippen LogP contribution is -2.48. The van der Waals surface area contributed by atoms with Gasteiger partial charge in [0.05, 0.1) is 11.3 Å². The molecule has 0 spiro atoms. The molecule has 0 saturated carbocycles. The van der Waals surface area contributed by atoms with Crippen LogP contribution in [0.1, 0.15) is 37.6 Å². The summed E-state index contributed by atoms with van der Waals surface area (Å²) >= 11 is 0. The van der Waals surface area contributed by atoms with Crippen LogP contribution in [0.2, 0.25) is 0 Å². The highest BCUT2D eigenvalue weighted by molar-refractivity contribution is 6.04. The van der Waals surface area contributed by atoms with Crippen molar-refractivity contribution in [1.82, 2.24) is 10.2 Å². The van der Waals surface area contributed by atoms with Crippen LogP contribution in [-0.2, 0) is 4.79 Å². The number of hydrogen-bond donors (Lipinski definition) is 2. The Hall–Kier alpha value is -1.88. The zero-order valence-corrected chi connectivity index (χ0v) is 15.4. The summed E-state index contributed by atoms with van der Waals surface area (Å²) in [4.78, 5) is 27.5. The highest BCUT2D eigenvalue weighted by Crippen LogP contribution is 2.26. The summed E-state index contributed by atoms with van der Waals surface area (Å²) in [5, 5.41) is 6.19. The van der Waals surface area contributed by atoms with Crippen LogP contribution in [0.4, 0.5) is 5.69 Å². The van der Waals surface area contributed by atoms with Gasteiger partial charge in [0.15, 0.2) is 0 Å². The third kappa shape index (κ3) is 4.03. The van der Waals surface area contributed by atoms with Crippen molar-refractivity contribution < 1.29 is 9.59 Å². The third-order valence-corrected chi connectivity index (χ3v) is 5.51. The van der Waals surface area contributed by atoms with E-state index in [1.165, 1.54) is 0 Å². The molecule has 5 heteroatoms. The lowest BCUT2D eigenvalue weighted by Gasteiger charge is -2.35. The Morgan fingerprint density at radius 2 is 1.80 bits per heavy atom. The van der Waals surface area contributed by atoms with E-state index in [0.29, 0.717) is 29.0 Å². The second kappa shape index (κ2) is 7.56. The fourth-order valence-corrected chi connectivity index (χ4v) is 3.90. The molecular weight excluding hydrogens is 314 g/mol. The second-order valence-corrected chi connectivity index (χ2v) is 7.90. The second-order valence-electron chi connectivity index (χ2n) is 7.90. The topological polar surface area (TPSA) is 61.4 Å². The highest BCUT2D eigenvalue weighted by atomic mass is 16.2. The molecule has 2 saturated heterocycles. The first kappa shape index (κ1) is 17.9. The molecule has 3 atom stereocenters. The molecule has 0 bridgehead atoms. The van der Waals surface area contributed by atoms with E-state index in [1.807, 2.05) is 36.1 Å². The van der Waals surface area contributed by atoms with Gasteiger partial charge in [-0.05, 0) is 49.4 Å². The van der Waals surface area contributed by atoms with Gasteiger partial charge in [-0.1, -0.05) is 32.9 Å². The van der Waals surface area contributed by atoms with Gasteiger partial charge in [0.1, 0.15) is 0 Å². The minimum Gasteiger partial charge on any atom is -0.338 e. The van der Waals surface area contributed by atoms with Crippen molar-refractivity contribution in [2.45, 2.75) is 27.2 Å². The Balaban J connectivity index is 1.73. The molecule has 2 heterocycles. The normalized spacial score (nSPS) is 25.2. The van der Waals surface area contributed by atoms with Gasteiger partial charge in [-0.25, -0.2) is 0 Å². The molecule has 2 amide bonds. The summed E-state index contributed by atoms with van der Waals surface area (Å²) in [6.07, 6.45) is 1.16. The number of amides is 2. The van der Waals surface area contributed by atoms with E-state index in [1.54, 1.807) is 0 Å². The molecule has 2 aliphatic rings. The number of rotatable bonds is 4. The fourth-order valence-electron chi connectivity index (χ4n) is 3.90. The molecule has 5 nitrogen and oxygen atoms in total. The van der Waals surface area contributed by atoms with Crippen LogP contribution in [0, 0.1) is 23.7 Å². The molecule has 25 heavy (non-hydrogen) atoms. The highest BCUT2D eigenvalue weighted by Gasteiger charge is 2.30. The maximum Gasteiger partial charge on any atom is 0.255 e. The van der Waals surface area contributed by atoms with Crippen molar-refractivity contribution in [3.8, 4) is 0 Å². The van der Waals surface area contributed by atoms with Crippen molar-refractivity contribution in [2.24, 2.45) is 23.7 Å². The number of nitrogens with one attached hydrogen (secondary N) is 2. The molecule has 0 aromatic heterocycles. The van der Waals surface area contributed by atoms with E-state index in [4.69, 9.17) is 0 Å². The fraction of sp³-hybridized carbons (Fsp3) is 0.600. The Labute approximate surface area is 150 Å². The van der Waals surface area contributed by atoms with E-state index in [9.17, 15) is 9.59 Å². The molecule has 0 aliphatic carbocycles. The largest absolute Gasteiger partial charge is 0.338 e. The standard InChI is InChI=1S/C20H29N3O2/c1-13-8-14(2)12-23(11-13)20(25)17-6-4-5-7-18(17)22-19(24)15(3)16-9-21-10-16/h4-7,13-16,21H,8-12H2,1-3H3,(H,22,24). The summed E-state index contributed by atoms with van der Waals surface area (Å²) in [6.45, 7) is 9.69. The van der Waals surface area contributed by atoms with Gasteiger partial charge in [-0.2, -0.15) is 0 Å². The Bertz CT molecular complexity index is 632. The average molecular weight is 343 g/mol. The van der Waals surface area contributed by atoms with Gasteiger partial charge in [0.2, 0.25) is 5.91 Å². The van der Waals surface area contributed by atoms with Gasteiger partial charge in [0.25, 0.3) is 5.91 Å². The van der Waals surface area contributed by atoms with Gasteiger partial charge in [0, 0.05) is 19.0 Å². The van der Waals surface area contributed by atoms with Crippen molar-refractivity contribution in [1.29, 1.82) is 0 Å². The van der Waals surface area contributed by atoms with Crippen LogP contribution < -0.4 is 10.6 Å². The Morgan fingerprint density at radius 3 is 2.40 bits per heavy atom. The summed E-state index contributed by atoms with van der Waals surface area (Å²) in [5.74, 6) is 1.37. The molecule has 2 N–H and O–H groups in total. The van der Waals surface area contributed by atoms with Gasteiger partial charge < -0.3 is 15.5 Å². The maximum atomic E-state index is 13.0. The zero-order valence-electron chi connectivity index (χ0n) is 15.4. The van der Waals surface area contributed by atoms with E-state index in [2.05, 4.69) is 24.5 Å². The van der Waals surface area contributed by atoms with Gasteiger partial charge in [-0.3, -0.25) is 9.59 Å². The summed E-state index contributed by atoms with van der Waals surface area (Å²) < 4.78 is 0. The number of para-hydroxylation sites is 1. The molecule has 3 rings (SSSR count). The van der Waals surface area contributed by atoms with Crippen molar-refractivity contribution in [2.75, 3.05) is 31.5 Å². The van der Waals surface area contributed by atoms with Crippen LogP contribution in [0.3, 0.4) is 0 Å². The lowest BCUT2D eigenvalue weighted by atomic mass is 9.88. The number of piperidine rings is 1. The number of nitrogens with zero attached hydrogens (tertiary/aromatic N) is 1.